The van der Waals surface area contributed by atoms with E-state index >= 15 is 0 Å². The van der Waals surface area contributed by atoms with Gasteiger partial charge in [0.05, 0.1) is 12.8 Å². The molecule has 0 radical (unpaired) electrons. The molecule has 1 N–H and O–H groups in total. The minimum Gasteiger partial charge on any atom is -0.494 e. The summed E-state index contributed by atoms with van der Waals surface area (Å²) in [5.41, 5.74) is 0.808. The van der Waals surface area contributed by atoms with Gasteiger partial charge in [0, 0.05) is 0 Å². The Morgan fingerprint density at radius 1 is 1.45 bits per heavy atom. The number of benzene rings is 1. The molecule has 0 spiro atoms. The molecular formula is C13H14N4O2S. The van der Waals surface area contributed by atoms with Crippen molar-refractivity contribution in [1.29, 1.82) is 0 Å². The van der Waals surface area contributed by atoms with E-state index in [-0.39, 0.29) is 10.3 Å². The van der Waals surface area contributed by atoms with E-state index < -0.39 is 0 Å². The second-order valence-electron chi connectivity index (χ2n) is 3.98. The van der Waals surface area contributed by atoms with Crippen molar-refractivity contribution >= 4 is 18.4 Å². The highest BCUT2D eigenvalue weighted by Gasteiger charge is 2.00. The molecular weight excluding hydrogens is 276 g/mol. The van der Waals surface area contributed by atoms with Crippen molar-refractivity contribution in [2.75, 3.05) is 6.61 Å². The Bertz CT molecular complexity index is 731. The van der Waals surface area contributed by atoms with Gasteiger partial charge < -0.3 is 4.74 Å². The lowest BCUT2D eigenvalue weighted by molar-refractivity contribution is 0.340. The van der Waals surface area contributed by atoms with Crippen molar-refractivity contribution in [3.63, 3.8) is 0 Å². The van der Waals surface area contributed by atoms with Gasteiger partial charge in [-0.15, -0.1) is 0 Å². The largest absolute Gasteiger partial charge is 0.494 e. The van der Waals surface area contributed by atoms with E-state index in [0.717, 1.165) is 16.0 Å². The second-order valence-corrected chi connectivity index (χ2v) is 4.36. The summed E-state index contributed by atoms with van der Waals surface area (Å²) in [6.45, 7) is 4.14. The smallest absolute Gasteiger partial charge is 0.296 e. The fourth-order valence-electron chi connectivity index (χ4n) is 1.52. The highest BCUT2D eigenvalue weighted by atomic mass is 32.1. The minimum absolute atomic E-state index is 0.155. The molecule has 0 saturated heterocycles. The van der Waals surface area contributed by atoms with Gasteiger partial charge in [0.1, 0.15) is 11.4 Å². The Morgan fingerprint density at radius 2 is 2.15 bits per heavy atom. The average Bonchev–Trinajstić information content (AvgIpc) is 2.45. The van der Waals surface area contributed by atoms with Crippen LogP contribution in [0.4, 0.5) is 0 Å². The molecule has 20 heavy (non-hydrogen) atoms. The van der Waals surface area contributed by atoms with Gasteiger partial charge in [-0.1, -0.05) is 0 Å². The summed E-state index contributed by atoms with van der Waals surface area (Å²) < 4.78 is 6.61. The Morgan fingerprint density at radius 3 is 2.80 bits per heavy atom. The number of hydrogen-bond acceptors (Lipinski definition) is 5. The molecule has 6 nitrogen and oxygen atoms in total. The lowest BCUT2D eigenvalue weighted by Gasteiger charge is -2.02. The Labute approximate surface area is 120 Å². The number of H-pyrrole nitrogens is 1. The monoisotopic (exact) mass is 290 g/mol. The van der Waals surface area contributed by atoms with Crippen LogP contribution in [0, 0.1) is 11.7 Å². The molecule has 0 aliphatic heterocycles. The van der Waals surface area contributed by atoms with Crippen LogP contribution in [0.1, 0.15) is 18.2 Å². The molecule has 0 fully saturated rings. The van der Waals surface area contributed by atoms with Crippen LogP contribution in [-0.2, 0) is 0 Å². The lowest BCUT2D eigenvalue weighted by atomic mass is 10.2. The number of hydrogen-bond donors (Lipinski definition) is 1. The summed E-state index contributed by atoms with van der Waals surface area (Å²) in [7, 11) is 0. The summed E-state index contributed by atoms with van der Waals surface area (Å²) in [4.78, 5) is 11.8. The predicted molar refractivity (Wildman–Crippen MR) is 79.0 cm³/mol. The van der Waals surface area contributed by atoms with Crippen LogP contribution < -0.4 is 10.3 Å². The molecule has 7 heteroatoms. The highest BCUT2D eigenvalue weighted by Crippen LogP contribution is 2.10. The molecule has 0 atom stereocenters. The number of aryl methyl sites for hydroxylation is 1. The van der Waals surface area contributed by atoms with Gasteiger partial charge in [-0.2, -0.15) is 14.9 Å². The van der Waals surface area contributed by atoms with Crippen LogP contribution in [0.2, 0.25) is 0 Å². The molecule has 1 aromatic heterocycles. The van der Waals surface area contributed by atoms with Crippen molar-refractivity contribution in [3.05, 3.63) is 50.6 Å². The van der Waals surface area contributed by atoms with Crippen LogP contribution in [0.25, 0.3) is 0 Å². The third kappa shape index (κ3) is 3.18. The summed E-state index contributed by atoms with van der Waals surface area (Å²) in [5, 5.41) is 10.4. The third-order valence-electron chi connectivity index (χ3n) is 2.53. The number of aromatic amines is 1. The molecule has 0 aliphatic rings. The van der Waals surface area contributed by atoms with Gasteiger partial charge in [-0.25, -0.2) is 0 Å². The summed E-state index contributed by atoms with van der Waals surface area (Å²) >= 11 is 4.98. The van der Waals surface area contributed by atoms with Crippen molar-refractivity contribution in [2.45, 2.75) is 13.8 Å². The number of nitrogens with zero attached hydrogens (tertiary/aromatic N) is 3. The first-order chi connectivity index (χ1) is 9.61. The van der Waals surface area contributed by atoms with Gasteiger partial charge in [0.2, 0.25) is 4.77 Å². The maximum absolute atomic E-state index is 11.8. The normalized spacial score (nSPS) is 10.9. The standard InChI is InChI=1S/C13H14N4O2S/c1-3-19-11-6-4-10(5-7-11)8-14-17-12(18)9(2)15-16-13(17)20/h4-8H,3H2,1-2H3,(H,16,20)/b14-8+. The zero-order valence-electron chi connectivity index (χ0n) is 11.2. The molecule has 0 amide bonds. The van der Waals surface area contributed by atoms with Gasteiger partial charge >= 0.3 is 0 Å². The van der Waals surface area contributed by atoms with Crippen molar-refractivity contribution < 1.29 is 4.74 Å². The zero-order valence-corrected chi connectivity index (χ0v) is 12.0. The van der Waals surface area contributed by atoms with Crippen molar-refractivity contribution in [2.24, 2.45) is 5.10 Å². The van der Waals surface area contributed by atoms with E-state index in [0.29, 0.717) is 12.3 Å². The first-order valence-corrected chi connectivity index (χ1v) is 6.48. The summed E-state index contributed by atoms with van der Waals surface area (Å²) in [6, 6.07) is 7.37. The molecule has 0 aliphatic carbocycles. The van der Waals surface area contributed by atoms with E-state index in [1.165, 1.54) is 0 Å². The van der Waals surface area contributed by atoms with Crippen molar-refractivity contribution in [3.8, 4) is 5.75 Å². The number of nitrogens with one attached hydrogen (secondary N) is 1. The maximum Gasteiger partial charge on any atom is 0.296 e. The van der Waals surface area contributed by atoms with Crippen LogP contribution in [-0.4, -0.2) is 27.7 Å². The van der Waals surface area contributed by atoms with Gasteiger partial charge in [-0.05, 0) is 55.9 Å². The molecule has 0 saturated carbocycles. The molecule has 0 unspecified atom stereocenters. The van der Waals surface area contributed by atoms with E-state index in [2.05, 4.69) is 15.3 Å². The number of ether oxygens (including phenoxy) is 1. The van der Waals surface area contributed by atoms with Crippen LogP contribution in [0.15, 0.2) is 34.2 Å². The summed E-state index contributed by atoms with van der Waals surface area (Å²) in [6.07, 6.45) is 1.56. The molecule has 2 rings (SSSR count). The average molecular weight is 290 g/mol. The fourth-order valence-corrected chi connectivity index (χ4v) is 1.69. The van der Waals surface area contributed by atoms with Gasteiger partial charge in [0.15, 0.2) is 0 Å². The first kappa shape index (κ1) is 14.1. The predicted octanol–water partition coefficient (Wildman–Crippen LogP) is 1.89. The van der Waals surface area contributed by atoms with Gasteiger partial charge in [-0.3, -0.25) is 9.89 Å². The fraction of sp³-hybridized carbons (Fsp3) is 0.231. The minimum atomic E-state index is -0.337. The van der Waals surface area contributed by atoms with Crippen LogP contribution in [0.3, 0.4) is 0 Å². The number of aromatic nitrogens is 3. The van der Waals surface area contributed by atoms with E-state index in [1.807, 2.05) is 31.2 Å². The summed E-state index contributed by atoms with van der Waals surface area (Å²) in [5.74, 6) is 0.791. The topological polar surface area (TPSA) is 72.3 Å². The quantitative estimate of drug-likeness (QED) is 0.689. The molecule has 0 bridgehead atoms. The second kappa shape index (κ2) is 6.25. The highest BCUT2D eigenvalue weighted by molar-refractivity contribution is 7.71. The van der Waals surface area contributed by atoms with E-state index in [1.54, 1.807) is 13.1 Å². The Hall–Kier alpha value is -2.28. The Kier molecular flexibility index (Phi) is 4.41. The maximum atomic E-state index is 11.8. The van der Waals surface area contributed by atoms with Crippen LogP contribution in [0.5, 0.6) is 5.75 Å². The zero-order chi connectivity index (χ0) is 14.5. The van der Waals surface area contributed by atoms with Gasteiger partial charge in [0.25, 0.3) is 5.56 Å². The van der Waals surface area contributed by atoms with E-state index in [4.69, 9.17) is 17.0 Å². The first-order valence-electron chi connectivity index (χ1n) is 6.07. The van der Waals surface area contributed by atoms with Crippen molar-refractivity contribution in [1.82, 2.24) is 14.9 Å². The molecule has 2 aromatic rings. The SMILES string of the molecule is CCOc1ccc(/C=N/n2c(=S)[nH]nc(C)c2=O)cc1. The Balaban J connectivity index is 2.28. The molecule has 104 valence electrons. The molecule has 1 aromatic carbocycles. The third-order valence-corrected chi connectivity index (χ3v) is 2.79. The van der Waals surface area contributed by atoms with E-state index in [9.17, 15) is 4.79 Å². The lowest BCUT2D eigenvalue weighted by Crippen LogP contribution is -2.22. The number of rotatable bonds is 4. The van der Waals surface area contributed by atoms with Crippen LogP contribution >= 0.6 is 12.2 Å². The molecule has 1 heterocycles.